The molecule has 0 fully saturated rings. The van der Waals surface area contributed by atoms with Crippen LogP contribution in [0, 0.1) is 12.7 Å². The zero-order valence-corrected chi connectivity index (χ0v) is 15.7. The molecule has 6 nitrogen and oxygen atoms in total. The molecule has 0 N–H and O–H groups in total. The summed E-state index contributed by atoms with van der Waals surface area (Å²) < 4.78 is 19.7. The Bertz CT molecular complexity index is 1250. The first-order valence-electron chi connectivity index (χ1n) is 8.83. The van der Waals surface area contributed by atoms with Crippen LogP contribution in [-0.4, -0.2) is 33.5 Å². The van der Waals surface area contributed by atoms with E-state index in [-0.39, 0.29) is 17.2 Å². The predicted octanol–water partition coefficient (Wildman–Crippen LogP) is 3.86. The van der Waals surface area contributed by atoms with E-state index in [1.54, 1.807) is 35.0 Å². The summed E-state index contributed by atoms with van der Waals surface area (Å²) in [5, 5.41) is 4.55. The number of hydrogen-bond donors (Lipinski definition) is 0. The SMILES string of the molecule is COC(=O)c1cccc(C(=O)c2c(-c3ccc(F)cc3)nn3cc(C)ccc23)n1. The Morgan fingerprint density at radius 3 is 2.45 bits per heavy atom. The highest BCUT2D eigenvalue weighted by atomic mass is 19.1. The number of halogens is 1. The fraction of sp³-hybridized carbons (Fsp3) is 0.0909. The molecule has 0 aliphatic carbocycles. The number of rotatable bonds is 4. The number of carbonyl (C=O) groups is 2. The number of esters is 1. The zero-order chi connectivity index (χ0) is 20.5. The second-order valence-corrected chi connectivity index (χ2v) is 6.50. The van der Waals surface area contributed by atoms with Crippen LogP contribution in [0.3, 0.4) is 0 Å². The molecule has 1 aromatic carbocycles. The van der Waals surface area contributed by atoms with Gasteiger partial charge < -0.3 is 4.74 Å². The highest BCUT2D eigenvalue weighted by molar-refractivity contribution is 6.16. The van der Waals surface area contributed by atoms with Gasteiger partial charge in [-0.05, 0) is 55.0 Å². The minimum Gasteiger partial charge on any atom is -0.464 e. The summed E-state index contributed by atoms with van der Waals surface area (Å²) in [4.78, 5) is 29.3. The molecular formula is C22H16FN3O3. The smallest absolute Gasteiger partial charge is 0.356 e. The lowest BCUT2D eigenvalue weighted by Crippen LogP contribution is -2.10. The second-order valence-electron chi connectivity index (χ2n) is 6.50. The Hall–Kier alpha value is -3.87. The highest BCUT2D eigenvalue weighted by Gasteiger charge is 2.24. The molecule has 0 unspecified atom stereocenters. The normalized spacial score (nSPS) is 10.9. The van der Waals surface area contributed by atoms with Crippen molar-refractivity contribution in [1.82, 2.24) is 14.6 Å². The number of ketones is 1. The molecule has 29 heavy (non-hydrogen) atoms. The van der Waals surface area contributed by atoms with Gasteiger partial charge in [0.25, 0.3) is 0 Å². The van der Waals surface area contributed by atoms with Gasteiger partial charge in [0.15, 0.2) is 0 Å². The molecule has 0 aliphatic rings. The Balaban J connectivity index is 1.92. The summed E-state index contributed by atoms with van der Waals surface area (Å²) in [5.74, 6) is -1.41. The molecule has 4 aromatic rings. The average molecular weight is 389 g/mol. The summed E-state index contributed by atoms with van der Waals surface area (Å²) in [6.45, 7) is 1.92. The van der Waals surface area contributed by atoms with Crippen LogP contribution in [0.4, 0.5) is 4.39 Å². The van der Waals surface area contributed by atoms with Crippen LogP contribution in [0.2, 0.25) is 0 Å². The molecule has 3 heterocycles. The van der Waals surface area contributed by atoms with Crippen LogP contribution in [0.5, 0.6) is 0 Å². The number of pyridine rings is 2. The van der Waals surface area contributed by atoms with Crippen molar-refractivity contribution in [2.24, 2.45) is 0 Å². The molecule has 0 amide bonds. The third kappa shape index (κ3) is 3.38. The molecule has 144 valence electrons. The summed E-state index contributed by atoms with van der Waals surface area (Å²) in [5.41, 5.74) is 3.01. The number of benzene rings is 1. The van der Waals surface area contributed by atoms with Crippen molar-refractivity contribution in [2.45, 2.75) is 6.92 Å². The van der Waals surface area contributed by atoms with Crippen LogP contribution in [-0.2, 0) is 4.74 Å². The first-order chi connectivity index (χ1) is 14.0. The van der Waals surface area contributed by atoms with E-state index < -0.39 is 11.8 Å². The second kappa shape index (κ2) is 7.27. The van der Waals surface area contributed by atoms with Crippen LogP contribution >= 0.6 is 0 Å². The molecule has 0 saturated heterocycles. The molecule has 4 rings (SSSR count). The molecule has 0 aliphatic heterocycles. The molecule has 0 radical (unpaired) electrons. The van der Waals surface area contributed by atoms with Crippen molar-refractivity contribution in [2.75, 3.05) is 7.11 Å². The molecule has 3 aromatic heterocycles. The Kier molecular flexibility index (Phi) is 4.64. The summed E-state index contributed by atoms with van der Waals surface area (Å²) in [6.07, 6.45) is 1.80. The molecular weight excluding hydrogens is 373 g/mol. The van der Waals surface area contributed by atoms with Crippen LogP contribution in [0.1, 0.15) is 32.1 Å². The minimum atomic E-state index is -0.631. The van der Waals surface area contributed by atoms with Crippen molar-refractivity contribution < 1.29 is 18.7 Å². The standard InChI is InChI=1S/C22H16FN3O3/c1-13-6-11-18-19(21(27)16-4-3-5-17(24-16)22(28)29-2)20(25-26(18)12-13)14-7-9-15(23)10-8-14/h3-12H,1-2H3. The minimum absolute atomic E-state index is 0.0361. The number of methoxy groups -OCH3 is 1. The number of ether oxygens (including phenoxy) is 1. The summed E-state index contributed by atoms with van der Waals surface area (Å²) in [6, 6.07) is 14.0. The fourth-order valence-corrected chi connectivity index (χ4v) is 3.09. The highest BCUT2D eigenvalue weighted by Crippen LogP contribution is 2.28. The molecule has 7 heteroatoms. The Morgan fingerprint density at radius 1 is 1.00 bits per heavy atom. The van der Waals surface area contributed by atoms with Crippen molar-refractivity contribution in [3.8, 4) is 11.3 Å². The summed E-state index contributed by atoms with van der Waals surface area (Å²) in [7, 11) is 1.25. The van der Waals surface area contributed by atoms with E-state index in [1.165, 1.54) is 31.4 Å². The van der Waals surface area contributed by atoms with Crippen molar-refractivity contribution in [3.05, 3.63) is 89.1 Å². The number of hydrogen-bond acceptors (Lipinski definition) is 5. The number of aryl methyl sites for hydroxylation is 1. The number of carbonyl (C=O) groups excluding carboxylic acids is 2. The largest absolute Gasteiger partial charge is 0.464 e. The van der Waals surface area contributed by atoms with Gasteiger partial charge in [-0.2, -0.15) is 5.10 Å². The maximum absolute atomic E-state index is 13.4. The van der Waals surface area contributed by atoms with Crippen LogP contribution in [0.15, 0.2) is 60.8 Å². The molecule has 0 bridgehead atoms. The van der Waals surface area contributed by atoms with Gasteiger partial charge in [-0.3, -0.25) is 4.79 Å². The van der Waals surface area contributed by atoms with Crippen LogP contribution < -0.4 is 0 Å². The average Bonchev–Trinajstić information content (AvgIpc) is 3.11. The monoisotopic (exact) mass is 389 g/mol. The van der Waals surface area contributed by atoms with E-state index in [1.807, 2.05) is 13.0 Å². The quantitative estimate of drug-likeness (QED) is 0.391. The van der Waals surface area contributed by atoms with Gasteiger partial charge in [-0.1, -0.05) is 12.1 Å². The van der Waals surface area contributed by atoms with Gasteiger partial charge in [0, 0.05) is 11.8 Å². The van der Waals surface area contributed by atoms with E-state index in [4.69, 9.17) is 0 Å². The van der Waals surface area contributed by atoms with Gasteiger partial charge in [0.1, 0.15) is 22.9 Å². The molecule has 0 spiro atoms. The van der Waals surface area contributed by atoms with Gasteiger partial charge >= 0.3 is 5.97 Å². The first-order valence-corrected chi connectivity index (χ1v) is 8.83. The number of aromatic nitrogens is 3. The van der Waals surface area contributed by atoms with Crippen molar-refractivity contribution in [1.29, 1.82) is 0 Å². The first kappa shape index (κ1) is 18.5. The Morgan fingerprint density at radius 2 is 1.72 bits per heavy atom. The van der Waals surface area contributed by atoms with Gasteiger partial charge in [0.05, 0.1) is 18.2 Å². The van der Waals surface area contributed by atoms with Gasteiger partial charge in [0.2, 0.25) is 5.78 Å². The predicted molar refractivity (Wildman–Crippen MR) is 104 cm³/mol. The van der Waals surface area contributed by atoms with Crippen molar-refractivity contribution >= 4 is 17.3 Å². The summed E-state index contributed by atoms with van der Waals surface area (Å²) >= 11 is 0. The van der Waals surface area contributed by atoms with E-state index >= 15 is 0 Å². The number of nitrogens with zero attached hydrogens (tertiary/aromatic N) is 3. The van der Waals surface area contributed by atoms with Gasteiger partial charge in [-0.25, -0.2) is 18.7 Å². The van der Waals surface area contributed by atoms with E-state index in [2.05, 4.69) is 14.8 Å². The Labute approximate surface area is 165 Å². The van der Waals surface area contributed by atoms with E-state index in [0.29, 0.717) is 22.3 Å². The molecule has 0 saturated carbocycles. The van der Waals surface area contributed by atoms with E-state index in [9.17, 15) is 14.0 Å². The maximum Gasteiger partial charge on any atom is 0.356 e. The lowest BCUT2D eigenvalue weighted by Gasteiger charge is -2.05. The zero-order valence-electron chi connectivity index (χ0n) is 15.7. The van der Waals surface area contributed by atoms with Crippen LogP contribution in [0.25, 0.3) is 16.8 Å². The lowest BCUT2D eigenvalue weighted by atomic mass is 10.0. The number of fused-ring (bicyclic) bond motifs is 1. The van der Waals surface area contributed by atoms with E-state index in [0.717, 1.165) is 5.56 Å². The maximum atomic E-state index is 13.4. The van der Waals surface area contributed by atoms with Crippen molar-refractivity contribution in [3.63, 3.8) is 0 Å². The molecule has 0 atom stereocenters. The third-order valence-corrected chi connectivity index (χ3v) is 4.50. The third-order valence-electron chi connectivity index (χ3n) is 4.50. The fourth-order valence-electron chi connectivity index (χ4n) is 3.09. The lowest BCUT2D eigenvalue weighted by molar-refractivity contribution is 0.0594. The topological polar surface area (TPSA) is 73.6 Å². The van der Waals surface area contributed by atoms with Gasteiger partial charge in [-0.15, -0.1) is 0 Å².